The van der Waals surface area contributed by atoms with Crippen molar-refractivity contribution >= 4 is 5.69 Å². The van der Waals surface area contributed by atoms with Crippen molar-refractivity contribution in [3.63, 3.8) is 0 Å². The van der Waals surface area contributed by atoms with E-state index in [0.29, 0.717) is 5.69 Å². The highest BCUT2D eigenvalue weighted by atomic mass is 19.1. The zero-order valence-corrected chi connectivity index (χ0v) is 17.2. The van der Waals surface area contributed by atoms with Gasteiger partial charge < -0.3 is 4.90 Å². The Labute approximate surface area is 170 Å². The van der Waals surface area contributed by atoms with Crippen LogP contribution >= 0.6 is 0 Å². The average Bonchev–Trinajstić information content (AvgIpc) is 3.20. The fourth-order valence-corrected chi connectivity index (χ4v) is 3.93. The lowest BCUT2D eigenvalue weighted by Crippen LogP contribution is -2.49. The van der Waals surface area contributed by atoms with Gasteiger partial charge in [-0.3, -0.25) is 4.90 Å². The van der Waals surface area contributed by atoms with Gasteiger partial charge in [-0.15, -0.1) is 5.10 Å². The maximum absolute atomic E-state index is 14.2. The van der Waals surface area contributed by atoms with Gasteiger partial charge in [0.15, 0.2) is 5.82 Å². The van der Waals surface area contributed by atoms with E-state index in [1.807, 2.05) is 35.0 Å². The maximum atomic E-state index is 14.2. The molecule has 2 aromatic carbocycles. The number of rotatable bonds is 4. The number of tetrazole rings is 1. The Kier molecular flexibility index (Phi) is 5.32. The van der Waals surface area contributed by atoms with Crippen LogP contribution in [0, 0.1) is 5.82 Å². The zero-order chi connectivity index (χ0) is 20.4. The minimum atomic E-state index is -0.221. The first kappa shape index (κ1) is 19.5. The van der Waals surface area contributed by atoms with E-state index in [1.165, 1.54) is 6.07 Å². The lowest BCUT2D eigenvalue weighted by atomic mass is 10.0. The van der Waals surface area contributed by atoms with E-state index in [4.69, 9.17) is 0 Å². The van der Waals surface area contributed by atoms with Crippen LogP contribution in [-0.2, 0) is 5.54 Å². The van der Waals surface area contributed by atoms with Gasteiger partial charge in [0.25, 0.3) is 0 Å². The topological polar surface area (TPSA) is 50.1 Å². The number of halogens is 1. The molecular weight excluding hydrogens is 367 g/mol. The molecule has 1 aliphatic rings. The molecule has 2 heterocycles. The van der Waals surface area contributed by atoms with Gasteiger partial charge >= 0.3 is 0 Å². The highest BCUT2D eigenvalue weighted by Gasteiger charge is 2.33. The fraction of sp³-hybridized carbons (Fsp3) is 0.409. The van der Waals surface area contributed by atoms with Gasteiger partial charge in [-0.25, -0.2) is 9.07 Å². The Bertz CT molecular complexity index is 941. The quantitative estimate of drug-likeness (QED) is 0.678. The van der Waals surface area contributed by atoms with E-state index in [2.05, 4.69) is 58.2 Å². The molecule has 0 spiro atoms. The number of nitrogens with zero attached hydrogens (tertiary/aromatic N) is 6. The van der Waals surface area contributed by atoms with Gasteiger partial charge in [0, 0.05) is 26.2 Å². The van der Waals surface area contributed by atoms with Crippen molar-refractivity contribution in [1.29, 1.82) is 0 Å². The summed E-state index contributed by atoms with van der Waals surface area (Å²) in [6.45, 7) is 9.40. The molecule has 1 atom stereocenters. The summed E-state index contributed by atoms with van der Waals surface area (Å²) < 4.78 is 16.1. The third-order valence-corrected chi connectivity index (χ3v) is 5.36. The van der Waals surface area contributed by atoms with Gasteiger partial charge in [0.05, 0.1) is 17.3 Å². The predicted octanol–water partition coefficient (Wildman–Crippen LogP) is 3.48. The zero-order valence-electron chi connectivity index (χ0n) is 17.2. The van der Waals surface area contributed by atoms with E-state index in [0.717, 1.165) is 37.6 Å². The summed E-state index contributed by atoms with van der Waals surface area (Å²) in [7, 11) is 0. The number of piperazine rings is 1. The second kappa shape index (κ2) is 7.91. The smallest absolute Gasteiger partial charge is 0.173 e. The van der Waals surface area contributed by atoms with E-state index >= 15 is 0 Å². The lowest BCUT2D eigenvalue weighted by molar-refractivity contribution is 0.191. The molecule has 0 saturated carbocycles. The van der Waals surface area contributed by atoms with Crippen molar-refractivity contribution in [3.05, 3.63) is 71.8 Å². The van der Waals surface area contributed by atoms with Crippen molar-refractivity contribution < 1.29 is 4.39 Å². The summed E-state index contributed by atoms with van der Waals surface area (Å²) in [5.41, 5.74) is 1.61. The van der Waals surface area contributed by atoms with Crippen LogP contribution in [0.15, 0.2) is 54.6 Å². The normalized spacial score (nSPS) is 16.8. The molecule has 1 unspecified atom stereocenters. The molecule has 4 rings (SSSR count). The van der Waals surface area contributed by atoms with Crippen LogP contribution in [0.5, 0.6) is 0 Å². The van der Waals surface area contributed by atoms with E-state index in [9.17, 15) is 4.39 Å². The molecule has 3 aromatic rings. The summed E-state index contributed by atoms with van der Waals surface area (Å²) >= 11 is 0. The molecule has 29 heavy (non-hydrogen) atoms. The Morgan fingerprint density at radius 3 is 2.21 bits per heavy atom. The molecule has 0 amide bonds. The molecule has 0 bridgehead atoms. The lowest BCUT2D eigenvalue weighted by Gasteiger charge is -2.40. The number of hydrogen-bond donors (Lipinski definition) is 0. The first-order valence-corrected chi connectivity index (χ1v) is 10.0. The number of para-hydroxylation sites is 1. The van der Waals surface area contributed by atoms with Gasteiger partial charge in [-0.2, -0.15) is 0 Å². The molecule has 1 aliphatic heterocycles. The van der Waals surface area contributed by atoms with Crippen molar-refractivity contribution in [1.82, 2.24) is 25.1 Å². The third kappa shape index (κ3) is 4.00. The monoisotopic (exact) mass is 394 g/mol. The van der Waals surface area contributed by atoms with E-state index in [-0.39, 0.29) is 17.4 Å². The van der Waals surface area contributed by atoms with Crippen molar-refractivity contribution in [3.8, 4) is 0 Å². The van der Waals surface area contributed by atoms with Crippen molar-refractivity contribution in [2.24, 2.45) is 0 Å². The number of benzene rings is 2. The average molecular weight is 394 g/mol. The van der Waals surface area contributed by atoms with Crippen LogP contribution < -0.4 is 4.90 Å². The summed E-state index contributed by atoms with van der Waals surface area (Å²) in [5, 5.41) is 12.7. The van der Waals surface area contributed by atoms with Gasteiger partial charge in [0.2, 0.25) is 0 Å². The van der Waals surface area contributed by atoms with Crippen LogP contribution in [0.25, 0.3) is 0 Å². The third-order valence-electron chi connectivity index (χ3n) is 5.36. The van der Waals surface area contributed by atoms with Gasteiger partial charge in [0.1, 0.15) is 5.82 Å². The molecular formula is C22H27FN6. The highest BCUT2D eigenvalue weighted by molar-refractivity contribution is 5.48. The second-order valence-electron chi connectivity index (χ2n) is 8.41. The van der Waals surface area contributed by atoms with Gasteiger partial charge in [-0.05, 0) is 48.9 Å². The maximum Gasteiger partial charge on any atom is 0.173 e. The summed E-state index contributed by atoms with van der Waals surface area (Å²) in [6, 6.07) is 17.3. The van der Waals surface area contributed by atoms with Crippen LogP contribution in [0.1, 0.15) is 38.2 Å². The second-order valence-corrected chi connectivity index (χ2v) is 8.41. The standard InChI is InChI=1S/C22H27FN6/c1-22(2,3)29-21(24-25-26-29)20(17-9-5-4-6-10-17)28-15-13-27(14-16-28)19-12-8-7-11-18(19)23/h4-12,20H,13-16H2,1-3H3. The molecule has 7 heteroatoms. The fourth-order valence-electron chi connectivity index (χ4n) is 3.93. The van der Waals surface area contributed by atoms with E-state index < -0.39 is 0 Å². The minimum Gasteiger partial charge on any atom is -0.367 e. The molecule has 0 radical (unpaired) electrons. The number of hydrogen-bond acceptors (Lipinski definition) is 5. The Morgan fingerprint density at radius 2 is 1.55 bits per heavy atom. The molecule has 1 fully saturated rings. The SMILES string of the molecule is CC(C)(C)n1nnnc1C(c1ccccc1)N1CCN(c2ccccc2F)CC1. The Hall–Kier alpha value is -2.80. The molecule has 152 valence electrons. The highest BCUT2D eigenvalue weighted by Crippen LogP contribution is 2.31. The number of aromatic nitrogens is 4. The molecule has 1 saturated heterocycles. The van der Waals surface area contributed by atoms with Crippen LogP contribution in [-0.4, -0.2) is 51.3 Å². The first-order valence-electron chi connectivity index (χ1n) is 10.0. The molecule has 1 aromatic heterocycles. The Morgan fingerprint density at radius 1 is 0.897 bits per heavy atom. The van der Waals surface area contributed by atoms with Crippen LogP contribution in [0.3, 0.4) is 0 Å². The summed E-state index contributed by atoms with van der Waals surface area (Å²) in [6.07, 6.45) is 0. The number of anilines is 1. The first-order chi connectivity index (χ1) is 13.9. The van der Waals surface area contributed by atoms with Gasteiger partial charge in [-0.1, -0.05) is 42.5 Å². The van der Waals surface area contributed by atoms with Crippen LogP contribution in [0.2, 0.25) is 0 Å². The molecule has 6 nitrogen and oxygen atoms in total. The van der Waals surface area contributed by atoms with E-state index in [1.54, 1.807) is 6.07 Å². The predicted molar refractivity (Wildman–Crippen MR) is 111 cm³/mol. The van der Waals surface area contributed by atoms with Crippen molar-refractivity contribution in [2.75, 3.05) is 31.1 Å². The molecule has 0 N–H and O–H groups in total. The summed E-state index contributed by atoms with van der Waals surface area (Å²) in [4.78, 5) is 4.50. The summed E-state index contributed by atoms with van der Waals surface area (Å²) in [5.74, 6) is 0.667. The van der Waals surface area contributed by atoms with Crippen LogP contribution in [0.4, 0.5) is 10.1 Å². The van der Waals surface area contributed by atoms with Crippen molar-refractivity contribution in [2.45, 2.75) is 32.4 Å². The molecule has 0 aliphatic carbocycles. The minimum absolute atomic E-state index is 0.0480. The largest absolute Gasteiger partial charge is 0.367 e. The Balaban J connectivity index is 1.63.